The van der Waals surface area contributed by atoms with Gasteiger partial charge in [0, 0.05) is 30.8 Å². The molecule has 0 spiro atoms. The van der Waals surface area contributed by atoms with E-state index in [1.54, 1.807) is 0 Å². The van der Waals surface area contributed by atoms with Crippen molar-refractivity contribution < 1.29 is 23.8 Å². The number of halogens is 1. The number of piperidine rings is 1. The van der Waals surface area contributed by atoms with Gasteiger partial charge in [0.05, 0.1) is 0 Å². The number of carboxylic acid groups (broad SMARTS) is 1. The highest BCUT2D eigenvalue weighted by Gasteiger charge is 2.75. The van der Waals surface area contributed by atoms with Crippen LogP contribution in [0.15, 0.2) is 48.5 Å². The fourth-order valence-corrected chi connectivity index (χ4v) is 4.72. The molecule has 2 aromatic carbocycles. The summed E-state index contributed by atoms with van der Waals surface area (Å²) < 4.78 is 19.7. The zero-order valence-corrected chi connectivity index (χ0v) is 14.5. The zero-order chi connectivity index (χ0) is 18.8. The number of hydrogen-bond acceptors (Lipinski definition) is 3. The van der Waals surface area contributed by atoms with E-state index in [1.165, 1.54) is 4.90 Å². The molecule has 1 aliphatic heterocycles. The van der Waals surface area contributed by atoms with Crippen LogP contribution in [0, 0.1) is 11.8 Å². The molecule has 138 valence electrons. The van der Waals surface area contributed by atoms with Gasteiger partial charge in [0.2, 0.25) is 5.67 Å². The summed E-state index contributed by atoms with van der Waals surface area (Å²) >= 11 is 0. The van der Waals surface area contributed by atoms with E-state index in [4.69, 9.17) is 9.84 Å². The minimum absolute atomic E-state index is 0.0298. The number of hydrogen-bond donors (Lipinski definition) is 1. The Labute approximate surface area is 155 Å². The molecule has 1 heterocycles. The average molecular weight is 367 g/mol. The molecule has 2 aromatic rings. The van der Waals surface area contributed by atoms with Crippen molar-refractivity contribution in [2.75, 3.05) is 19.7 Å². The van der Waals surface area contributed by atoms with Gasteiger partial charge in [-0.2, -0.15) is 0 Å². The first-order chi connectivity index (χ1) is 13.0. The SMILES string of the molecule is O=C(OCC1c2ccccc2-c2ccccc21)N1C[C@@H]2[C@H](C1)C2(F)C(=O)O. The van der Waals surface area contributed by atoms with E-state index in [1.807, 2.05) is 36.4 Å². The van der Waals surface area contributed by atoms with Crippen LogP contribution in [0.2, 0.25) is 0 Å². The number of likely N-dealkylation sites (tertiary alicyclic amines) is 1. The van der Waals surface area contributed by atoms with Crippen LogP contribution in [0.1, 0.15) is 17.0 Å². The van der Waals surface area contributed by atoms with Crippen LogP contribution < -0.4 is 0 Å². The topological polar surface area (TPSA) is 66.8 Å². The van der Waals surface area contributed by atoms with Crippen LogP contribution in [0.3, 0.4) is 0 Å². The van der Waals surface area contributed by atoms with Crippen LogP contribution >= 0.6 is 0 Å². The van der Waals surface area contributed by atoms with Crippen LogP contribution in [-0.2, 0) is 9.53 Å². The second-order valence-corrected chi connectivity index (χ2v) is 7.50. The second kappa shape index (κ2) is 5.55. The Morgan fingerprint density at radius 2 is 1.56 bits per heavy atom. The molecule has 6 heteroatoms. The summed E-state index contributed by atoms with van der Waals surface area (Å²) in [6.45, 7) is 0.409. The second-order valence-electron chi connectivity index (χ2n) is 7.50. The number of aliphatic carboxylic acids is 1. The molecule has 0 bridgehead atoms. The standard InChI is InChI=1S/C21H18FNO4/c22-21(19(24)25)17-9-23(10-18(17)21)20(26)27-11-16-14-7-3-1-5-12(14)13-6-2-4-8-15(13)16/h1-8,16-18H,9-11H2,(H,24,25)/t17-,18+,21?. The van der Waals surface area contributed by atoms with Gasteiger partial charge in [0.15, 0.2) is 0 Å². The quantitative estimate of drug-likeness (QED) is 0.904. The summed E-state index contributed by atoms with van der Waals surface area (Å²) in [4.78, 5) is 24.8. The fourth-order valence-electron chi connectivity index (χ4n) is 4.72. The highest BCUT2D eigenvalue weighted by Crippen LogP contribution is 2.58. The molecule has 1 saturated carbocycles. The minimum Gasteiger partial charge on any atom is -0.479 e. The van der Waals surface area contributed by atoms with Gasteiger partial charge >= 0.3 is 12.1 Å². The number of carbonyl (C=O) groups is 2. The maximum Gasteiger partial charge on any atom is 0.409 e. The number of nitrogens with zero attached hydrogens (tertiary/aromatic N) is 1. The van der Waals surface area contributed by atoms with Crippen LogP contribution in [0.25, 0.3) is 11.1 Å². The number of ether oxygens (including phenoxy) is 1. The van der Waals surface area contributed by atoms with Crippen molar-refractivity contribution >= 4 is 12.1 Å². The van der Waals surface area contributed by atoms with E-state index < -0.39 is 29.6 Å². The first-order valence-electron chi connectivity index (χ1n) is 9.04. The zero-order valence-electron chi connectivity index (χ0n) is 14.5. The largest absolute Gasteiger partial charge is 0.479 e. The highest BCUT2D eigenvalue weighted by molar-refractivity contribution is 5.84. The number of fused-ring (bicyclic) bond motifs is 4. The van der Waals surface area contributed by atoms with Gasteiger partial charge in [0.1, 0.15) is 6.61 Å². The molecule has 2 aliphatic carbocycles. The number of rotatable bonds is 3. The summed E-state index contributed by atoms with van der Waals surface area (Å²) in [5.41, 5.74) is 2.40. The van der Waals surface area contributed by atoms with Crippen molar-refractivity contribution in [1.82, 2.24) is 4.90 Å². The summed E-state index contributed by atoms with van der Waals surface area (Å²) in [6, 6.07) is 16.2. The number of carboxylic acids is 1. The average Bonchev–Trinajstić information content (AvgIpc) is 3.04. The lowest BCUT2D eigenvalue weighted by Gasteiger charge is -2.22. The molecule has 2 fully saturated rings. The van der Waals surface area contributed by atoms with Crippen LogP contribution in [0.5, 0.6) is 0 Å². The lowest BCUT2D eigenvalue weighted by atomic mass is 9.98. The van der Waals surface area contributed by atoms with Crippen molar-refractivity contribution in [3.63, 3.8) is 0 Å². The number of alkyl halides is 1. The molecule has 1 N–H and O–H groups in total. The van der Waals surface area contributed by atoms with Crippen LogP contribution in [-0.4, -0.2) is 47.4 Å². The lowest BCUT2D eigenvalue weighted by Crippen LogP contribution is -2.38. The molecule has 1 amide bonds. The van der Waals surface area contributed by atoms with Gasteiger partial charge in [-0.3, -0.25) is 0 Å². The number of benzene rings is 2. The van der Waals surface area contributed by atoms with Gasteiger partial charge in [-0.15, -0.1) is 0 Å². The summed E-state index contributed by atoms with van der Waals surface area (Å²) in [6.07, 6.45) is -0.503. The minimum atomic E-state index is -2.17. The van der Waals surface area contributed by atoms with E-state index in [9.17, 15) is 14.0 Å². The molecule has 3 atom stereocenters. The van der Waals surface area contributed by atoms with Gasteiger partial charge in [-0.25, -0.2) is 14.0 Å². The smallest absolute Gasteiger partial charge is 0.409 e. The van der Waals surface area contributed by atoms with Crippen LogP contribution in [0.4, 0.5) is 9.18 Å². The summed E-state index contributed by atoms with van der Waals surface area (Å²) in [5, 5.41) is 8.97. The Balaban J connectivity index is 1.28. The molecule has 5 nitrogen and oxygen atoms in total. The maximum atomic E-state index is 14.2. The Morgan fingerprint density at radius 3 is 2.07 bits per heavy atom. The maximum absolute atomic E-state index is 14.2. The molecule has 5 rings (SSSR count). The van der Waals surface area contributed by atoms with Gasteiger partial charge in [-0.1, -0.05) is 48.5 Å². The molecule has 1 unspecified atom stereocenters. The molecule has 0 aromatic heterocycles. The molecular weight excluding hydrogens is 349 g/mol. The predicted molar refractivity (Wildman–Crippen MR) is 95.1 cm³/mol. The molecule has 0 radical (unpaired) electrons. The van der Waals surface area contributed by atoms with Crippen molar-refractivity contribution in [1.29, 1.82) is 0 Å². The summed E-state index contributed by atoms with van der Waals surface area (Å²) in [7, 11) is 0. The number of carbonyl (C=O) groups excluding carboxylic acids is 1. The molecule has 1 saturated heterocycles. The van der Waals surface area contributed by atoms with E-state index in [0.717, 1.165) is 22.3 Å². The molecular formula is C21H18FNO4. The van der Waals surface area contributed by atoms with E-state index in [2.05, 4.69) is 12.1 Å². The monoisotopic (exact) mass is 367 g/mol. The Morgan fingerprint density at radius 1 is 1.04 bits per heavy atom. The van der Waals surface area contributed by atoms with E-state index >= 15 is 0 Å². The van der Waals surface area contributed by atoms with Gasteiger partial charge in [-0.05, 0) is 22.3 Å². The third-order valence-electron chi connectivity index (χ3n) is 6.21. The number of amides is 1. The predicted octanol–water partition coefficient (Wildman–Crippen LogP) is 3.29. The summed E-state index contributed by atoms with van der Waals surface area (Å²) in [5.74, 6) is -2.69. The fraction of sp³-hybridized carbons (Fsp3) is 0.333. The van der Waals surface area contributed by atoms with E-state index in [-0.39, 0.29) is 25.6 Å². The van der Waals surface area contributed by atoms with Crippen molar-refractivity contribution in [2.24, 2.45) is 11.8 Å². The first-order valence-corrected chi connectivity index (χ1v) is 9.04. The van der Waals surface area contributed by atoms with Gasteiger partial charge < -0.3 is 14.7 Å². The highest BCUT2D eigenvalue weighted by atomic mass is 19.1. The molecule has 27 heavy (non-hydrogen) atoms. The van der Waals surface area contributed by atoms with E-state index in [0.29, 0.717) is 0 Å². The van der Waals surface area contributed by atoms with Crippen molar-refractivity contribution in [2.45, 2.75) is 11.6 Å². The molecule has 3 aliphatic rings. The Kier molecular flexibility index (Phi) is 3.35. The van der Waals surface area contributed by atoms with Crippen molar-refractivity contribution in [3.05, 3.63) is 59.7 Å². The third-order valence-corrected chi connectivity index (χ3v) is 6.21. The van der Waals surface area contributed by atoms with Crippen molar-refractivity contribution in [3.8, 4) is 11.1 Å². The Hall–Kier alpha value is -2.89. The Bertz CT molecular complexity index is 901. The lowest BCUT2D eigenvalue weighted by molar-refractivity contribution is -0.146. The first kappa shape index (κ1) is 16.3. The normalized spacial score (nSPS) is 27.7. The van der Waals surface area contributed by atoms with Gasteiger partial charge in [0.25, 0.3) is 0 Å². The third kappa shape index (κ3) is 2.22.